The van der Waals surface area contributed by atoms with Crippen molar-refractivity contribution in [3.63, 3.8) is 0 Å². The molecule has 0 aliphatic heterocycles. The lowest BCUT2D eigenvalue weighted by molar-refractivity contribution is -0.123. The van der Waals surface area contributed by atoms with E-state index in [-0.39, 0.29) is 18.4 Å². The third-order valence-corrected chi connectivity index (χ3v) is 3.25. The molecule has 0 aromatic heterocycles. The fourth-order valence-corrected chi connectivity index (χ4v) is 2.10. The van der Waals surface area contributed by atoms with Crippen molar-refractivity contribution in [3.8, 4) is 5.75 Å². The van der Waals surface area contributed by atoms with E-state index in [4.69, 9.17) is 4.74 Å². The first-order valence-electron chi connectivity index (χ1n) is 7.86. The van der Waals surface area contributed by atoms with Crippen LogP contribution in [0.1, 0.15) is 20.3 Å². The highest BCUT2D eigenvalue weighted by Gasteiger charge is 2.15. The molecule has 23 heavy (non-hydrogen) atoms. The van der Waals surface area contributed by atoms with E-state index in [2.05, 4.69) is 10.2 Å². The zero-order valence-electron chi connectivity index (χ0n) is 14.5. The van der Waals surface area contributed by atoms with Crippen molar-refractivity contribution in [3.05, 3.63) is 24.3 Å². The quantitative estimate of drug-likeness (QED) is 0.700. The molecular weight excluding hydrogens is 294 g/mol. The summed E-state index contributed by atoms with van der Waals surface area (Å²) in [5, 5.41) is 2.84. The van der Waals surface area contributed by atoms with Gasteiger partial charge in [-0.25, -0.2) is 0 Å². The molecule has 0 aliphatic carbocycles. The standard InChI is InChI=1S/C17H27N3O3/c1-5-23-16-9-7-15(8-10-16)20(14(2)21)13-17(22)18-11-6-12-19(3)4/h7-10H,5-6,11-13H2,1-4H3,(H,18,22). The summed E-state index contributed by atoms with van der Waals surface area (Å²) in [4.78, 5) is 27.3. The zero-order chi connectivity index (χ0) is 17.2. The third kappa shape index (κ3) is 7.15. The van der Waals surface area contributed by atoms with E-state index in [1.807, 2.05) is 21.0 Å². The van der Waals surface area contributed by atoms with E-state index in [0.717, 1.165) is 18.7 Å². The first-order valence-corrected chi connectivity index (χ1v) is 7.86. The van der Waals surface area contributed by atoms with Gasteiger partial charge < -0.3 is 19.9 Å². The Hall–Kier alpha value is -2.08. The predicted octanol–water partition coefficient (Wildman–Crippen LogP) is 1.51. The minimum Gasteiger partial charge on any atom is -0.494 e. The van der Waals surface area contributed by atoms with Crippen LogP contribution in [0.3, 0.4) is 0 Å². The number of amides is 2. The maximum atomic E-state index is 12.0. The average Bonchev–Trinajstić information content (AvgIpc) is 2.50. The van der Waals surface area contributed by atoms with Gasteiger partial charge in [0, 0.05) is 19.2 Å². The number of ether oxygens (including phenoxy) is 1. The van der Waals surface area contributed by atoms with Crippen molar-refractivity contribution in [2.45, 2.75) is 20.3 Å². The largest absolute Gasteiger partial charge is 0.494 e. The molecule has 6 heteroatoms. The molecule has 1 aromatic rings. The Morgan fingerprint density at radius 2 is 1.83 bits per heavy atom. The summed E-state index contributed by atoms with van der Waals surface area (Å²) >= 11 is 0. The molecule has 0 unspecified atom stereocenters. The molecule has 2 amide bonds. The predicted molar refractivity (Wildman–Crippen MR) is 91.8 cm³/mol. The normalized spacial score (nSPS) is 10.5. The van der Waals surface area contributed by atoms with E-state index in [9.17, 15) is 9.59 Å². The number of rotatable bonds is 9. The summed E-state index contributed by atoms with van der Waals surface area (Å²) in [6.45, 7) is 5.49. The molecule has 128 valence electrons. The lowest BCUT2D eigenvalue weighted by atomic mass is 10.2. The van der Waals surface area contributed by atoms with Crippen molar-refractivity contribution in [2.24, 2.45) is 0 Å². The Morgan fingerprint density at radius 1 is 1.17 bits per heavy atom. The number of hydrogen-bond donors (Lipinski definition) is 1. The van der Waals surface area contributed by atoms with E-state index >= 15 is 0 Å². The number of carbonyl (C=O) groups is 2. The molecule has 0 atom stereocenters. The van der Waals surface area contributed by atoms with Crippen LogP contribution in [0, 0.1) is 0 Å². The molecule has 0 spiro atoms. The monoisotopic (exact) mass is 321 g/mol. The van der Waals surface area contributed by atoms with Crippen molar-refractivity contribution in [1.82, 2.24) is 10.2 Å². The van der Waals surface area contributed by atoms with Gasteiger partial charge in [-0.1, -0.05) is 0 Å². The van der Waals surface area contributed by atoms with Gasteiger partial charge >= 0.3 is 0 Å². The third-order valence-electron chi connectivity index (χ3n) is 3.25. The second kappa shape index (κ2) is 9.84. The smallest absolute Gasteiger partial charge is 0.240 e. The van der Waals surface area contributed by atoms with Gasteiger partial charge in [0.25, 0.3) is 0 Å². The van der Waals surface area contributed by atoms with Gasteiger partial charge in [0.2, 0.25) is 11.8 Å². The Bertz CT molecular complexity index is 500. The summed E-state index contributed by atoms with van der Waals surface area (Å²) < 4.78 is 5.38. The number of nitrogens with zero attached hydrogens (tertiary/aromatic N) is 2. The molecule has 6 nitrogen and oxygen atoms in total. The minimum absolute atomic E-state index is 0.0191. The van der Waals surface area contributed by atoms with Crippen molar-refractivity contribution < 1.29 is 14.3 Å². The molecule has 0 heterocycles. The SMILES string of the molecule is CCOc1ccc(N(CC(=O)NCCCN(C)C)C(C)=O)cc1. The molecule has 0 bridgehead atoms. The Balaban J connectivity index is 2.57. The van der Waals surface area contributed by atoms with E-state index in [1.165, 1.54) is 11.8 Å². The van der Waals surface area contributed by atoms with Crippen LogP contribution in [-0.4, -0.2) is 57.1 Å². The number of anilines is 1. The van der Waals surface area contributed by atoms with Crippen molar-refractivity contribution >= 4 is 17.5 Å². The Morgan fingerprint density at radius 3 is 2.35 bits per heavy atom. The molecule has 0 aliphatic rings. The fourth-order valence-electron chi connectivity index (χ4n) is 2.10. The van der Waals surface area contributed by atoms with Gasteiger partial charge in [0.15, 0.2) is 0 Å². The van der Waals surface area contributed by atoms with Crippen molar-refractivity contribution in [1.29, 1.82) is 0 Å². The molecule has 1 rings (SSSR count). The summed E-state index contributed by atoms with van der Waals surface area (Å²) in [6, 6.07) is 7.16. The number of nitrogens with one attached hydrogen (secondary N) is 1. The topological polar surface area (TPSA) is 61.9 Å². The number of hydrogen-bond acceptors (Lipinski definition) is 4. The van der Waals surface area contributed by atoms with Crippen LogP contribution in [0.15, 0.2) is 24.3 Å². The number of carbonyl (C=O) groups excluding carboxylic acids is 2. The second-order valence-electron chi connectivity index (χ2n) is 5.54. The van der Waals surface area contributed by atoms with E-state index < -0.39 is 0 Å². The molecule has 0 fully saturated rings. The minimum atomic E-state index is -0.169. The lowest BCUT2D eigenvalue weighted by Crippen LogP contribution is -2.40. The molecular formula is C17H27N3O3. The maximum Gasteiger partial charge on any atom is 0.240 e. The zero-order valence-corrected chi connectivity index (χ0v) is 14.5. The van der Waals surface area contributed by atoms with Gasteiger partial charge in [0.05, 0.1) is 6.61 Å². The highest BCUT2D eigenvalue weighted by Crippen LogP contribution is 2.19. The van der Waals surface area contributed by atoms with Crippen LogP contribution >= 0.6 is 0 Å². The Kier molecular flexibility index (Phi) is 8.11. The van der Waals surface area contributed by atoms with Gasteiger partial charge in [-0.15, -0.1) is 0 Å². The van der Waals surface area contributed by atoms with Crippen LogP contribution in [0.2, 0.25) is 0 Å². The van der Waals surface area contributed by atoms with Crippen LogP contribution in [0.5, 0.6) is 5.75 Å². The molecule has 1 aromatic carbocycles. The van der Waals surface area contributed by atoms with Gasteiger partial charge in [-0.2, -0.15) is 0 Å². The lowest BCUT2D eigenvalue weighted by Gasteiger charge is -2.21. The second-order valence-corrected chi connectivity index (χ2v) is 5.54. The average molecular weight is 321 g/mol. The molecule has 1 N–H and O–H groups in total. The highest BCUT2D eigenvalue weighted by molar-refractivity contribution is 5.97. The van der Waals surface area contributed by atoms with E-state index in [0.29, 0.717) is 18.8 Å². The van der Waals surface area contributed by atoms with Gasteiger partial charge in [-0.05, 0) is 58.3 Å². The van der Waals surface area contributed by atoms with Gasteiger partial charge in [0.1, 0.15) is 12.3 Å². The summed E-state index contributed by atoms with van der Waals surface area (Å²) in [5.74, 6) is 0.415. The maximum absolute atomic E-state index is 12.0. The van der Waals surface area contributed by atoms with Crippen LogP contribution in [-0.2, 0) is 9.59 Å². The fraction of sp³-hybridized carbons (Fsp3) is 0.529. The van der Waals surface area contributed by atoms with Crippen molar-refractivity contribution in [2.75, 3.05) is 45.2 Å². The first-order chi connectivity index (χ1) is 10.9. The number of benzene rings is 1. The molecule has 0 saturated heterocycles. The summed E-state index contributed by atoms with van der Waals surface area (Å²) in [6.07, 6.45) is 0.877. The van der Waals surface area contributed by atoms with Crippen LogP contribution < -0.4 is 15.0 Å². The highest BCUT2D eigenvalue weighted by atomic mass is 16.5. The Labute approximate surface area is 138 Å². The van der Waals surface area contributed by atoms with Crippen LogP contribution in [0.25, 0.3) is 0 Å². The summed E-state index contributed by atoms with van der Waals surface area (Å²) in [5.41, 5.74) is 0.685. The van der Waals surface area contributed by atoms with E-state index in [1.54, 1.807) is 24.3 Å². The first kappa shape index (κ1) is 19.0. The van der Waals surface area contributed by atoms with Gasteiger partial charge in [-0.3, -0.25) is 9.59 Å². The molecule has 0 radical (unpaired) electrons. The van der Waals surface area contributed by atoms with Crippen LogP contribution in [0.4, 0.5) is 5.69 Å². The molecule has 0 saturated carbocycles. The summed E-state index contributed by atoms with van der Waals surface area (Å²) in [7, 11) is 3.98.